The molecule has 4 heterocycles. The van der Waals surface area contributed by atoms with Crippen LogP contribution in [0.5, 0.6) is 0 Å². The molecule has 4 N–H and O–H groups in total. The number of nitrogens with one attached hydrogen (secondary N) is 4. The van der Waals surface area contributed by atoms with Crippen molar-refractivity contribution in [2.45, 2.75) is 188 Å². The highest BCUT2D eigenvalue weighted by atomic mass is 32.2. The predicted octanol–water partition coefficient (Wildman–Crippen LogP) is 10.7. The monoisotopic (exact) mass is 985 g/mol. The topological polar surface area (TPSA) is 143 Å². The maximum atomic E-state index is 13.3. The Morgan fingerprint density at radius 3 is 1.38 bits per heavy atom. The Morgan fingerprint density at radius 2 is 0.986 bits per heavy atom. The van der Waals surface area contributed by atoms with E-state index < -0.39 is 12.1 Å². The molecule has 0 saturated heterocycles. The van der Waals surface area contributed by atoms with Crippen molar-refractivity contribution in [2.24, 2.45) is 11.8 Å². The van der Waals surface area contributed by atoms with Crippen LogP contribution in [0.25, 0.3) is 21.8 Å². The molecule has 0 aliphatic carbocycles. The van der Waals surface area contributed by atoms with Gasteiger partial charge >= 0.3 is 0 Å². The first-order valence-electron chi connectivity index (χ1n) is 26.4. The lowest BCUT2D eigenvalue weighted by Gasteiger charge is -2.21. The lowest BCUT2D eigenvalue weighted by atomic mass is 10.0. The van der Waals surface area contributed by atoms with Crippen LogP contribution in [-0.2, 0) is 49.9 Å². The summed E-state index contributed by atoms with van der Waals surface area (Å²) < 4.78 is 4.65. The van der Waals surface area contributed by atoms with Crippen molar-refractivity contribution in [1.82, 2.24) is 30.4 Å². The fraction of sp³-hybridized carbons (Fsp3) is 0.625. The van der Waals surface area contributed by atoms with Crippen molar-refractivity contribution in [3.05, 3.63) is 71.0 Å². The molecule has 2 aliphatic rings. The van der Waals surface area contributed by atoms with Gasteiger partial charge in [0.15, 0.2) is 5.12 Å². The maximum Gasteiger partial charge on any atom is 0.242 e. The van der Waals surface area contributed by atoms with E-state index in [4.69, 9.17) is 0 Å². The number of carbonyl (C=O) groups excluding carboxylic acids is 5. The number of rotatable bonds is 7. The van der Waals surface area contributed by atoms with E-state index in [1.54, 1.807) is 6.92 Å². The van der Waals surface area contributed by atoms with Crippen molar-refractivity contribution in [1.29, 1.82) is 0 Å². The molecule has 0 fully saturated rings. The molecule has 69 heavy (non-hydrogen) atoms. The van der Waals surface area contributed by atoms with Gasteiger partial charge in [-0.25, -0.2) is 0 Å². The van der Waals surface area contributed by atoms with Gasteiger partial charge in [0.1, 0.15) is 12.1 Å². The molecular weight excluding hydrogens is 901 g/mol. The smallest absolute Gasteiger partial charge is 0.242 e. The molecule has 380 valence electrons. The number of thiol groups is 1. The summed E-state index contributed by atoms with van der Waals surface area (Å²) >= 11 is 5.41. The van der Waals surface area contributed by atoms with Gasteiger partial charge < -0.3 is 30.4 Å². The van der Waals surface area contributed by atoms with E-state index in [0.717, 1.165) is 79.9 Å². The Morgan fingerprint density at radius 1 is 0.609 bits per heavy atom. The third kappa shape index (κ3) is 18.5. The van der Waals surface area contributed by atoms with E-state index >= 15 is 0 Å². The highest BCUT2D eigenvalue weighted by Crippen LogP contribution is 2.27. The molecule has 2 aliphatic heterocycles. The Labute approximate surface area is 423 Å². The van der Waals surface area contributed by atoms with Gasteiger partial charge in [-0.3, -0.25) is 24.0 Å². The molecule has 4 aromatic rings. The first-order chi connectivity index (χ1) is 33.3. The summed E-state index contributed by atoms with van der Waals surface area (Å²) in [6, 6.07) is 11.8. The second kappa shape index (κ2) is 29.8. The molecule has 2 aromatic carbocycles. The molecule has 11 nitrogen and oxygen atoms in total. The Balaban J connectivity index is 0.000000258. The largest absolute Gasteiger partial charge is 0.354 e. The van der Waals surface area contributed by atoms with Crippen molar-refractivity contribution >= 4 is 74.9 Å². The van der Waals surface area contributed by atoms with Crippen molar-refractivity contribution in [3.8, 4) is 0 Å². The van der Waals surface area contributed by atoms with Crippen LogP contribution >= 0.6 is 24.4 Å². The predicted molar refractivity (Wildman–Crippen MR) is 289 cm³/mol. The normalized spacial score (nSPS) is 20.0. The molecule has 4 unspecified atom stereocenters. The van der Waals surface area contributed by atoms with E-state index in [1.165, 1.54) is 112 Å². The first-order valence-corrected chi connectivity index (χ1v) is 28.0. The standard InChI is InChI=1S/C29H43N3O3S.C27H41N3O2S/c1-21-13-14-27-25(17-21)24-18-26(31-28(34)22(2)20-36-23(3)33)29(35)30-15-11-9-7-5-4-6-8-10-12-16-32(27)19-24;1-20-12-13-25-23(16-20)22-17-24(29-26(31)21(2)19-33)27(32)28-14-10-8-6-4-3-5-7-9-11-15-30(25)18-22/h13-14,17,19,22,26H,4-12,15-16,18,20H2,1-3H3,(H,30,35)(H,31,34);12-13,16,18,21,24,33H,3-11,14-15,17,19H2,1-2H3,(H,28,32)(H,29,31). The summed E-state index contributed by atoms with van der Waals surface area (Å²) in [5.41, 5.74) is 6.98. The quantitative estimate of drug-likeness (QED) is 0.117. The number of fused-ring (bicyclic) bond motifs is 10. The number of nitrogens with zero attached hydrogens (tertiary/aromatic N) is 2. The molecule has 13 heteroatoms. The van der Waals surface area contributed by atoms with Gasteiger partial charge in [0, 0.05) is 103 Å². The Bertz CT molecular complexity index is 2270. The summed E-state index contributed by atoms with van der Waals surface area (Å²) in [6.45, 7) is 12.6. The average molecular weight is 985 g/mol. The summed E-state index contributed by atoms with van der Waals surface area (Å²) in [5.74, 6) is -0.264. The van der Waals surface area contributed by atoms with Crippen LogP contribution in [0.4, 0.5) is 0 Å². The second-order valence-electron chi connectivity index (χ2n) is 20.0. The highest BCUT2D eigenvalue weighted by molar-refractivity contribution is 8.13. The van der Waals surface area contributed by atoms with Crippen molar-refractivity contribution < 1.29 is 24.0 Å². The number of thioether (sulfide) groups is 1. The van der Waals surface area contributed by atoms with Gasteiger partial charge in [-0.05, 0) is 74.9 Å². The lowest BCUT2D eigenvalue weighted by molar-refractivity contribution is -0.130. The minimum atomic E-state index is -0.652. The van der Waals surface area contributed by atoms with E-state index in [9.17, 15) is 24.0 Å². The van der Waals surface area contributed by atoms with Crippen LogP contribution in [-0.4, -0.2) is 74.6 Å². The van der Waals surface area contributed by atoms with Crippen LogP contribution in [0.1, 0.15) is 159 Å². The summed E-state index contributed by atoms with van der Waals surface area (Å²) in [6.07, 6.45) is 27.1. The van der Waals surface area contributed by atoms with Crippen LogP contribution in [0, 0.1) is 25.7 Å². The highest BCUT2D eigenvalue weighted by Gasteiger charge is 2.27. The van der Waals surface area contributed by atoms with Crippen LogP contribution < -0.4 is 21.3 Å². The number of aryl methyl sites for hydroxylation is 4. The van der Waals surface area contributed by atoms with Crippen LogP contribution in [0.15, 0.2) is 48.8 Å². The van der Waals surface area contributed by atoms with E-state index in [0.29, 0.717) is 37.4 Å². The fourth-order valence-electron chi connectivity index (χ4n) is 9.51. The Kier molecular flexibility index (Phi) is 24.1. The zero-order chi connectivity index (χ0) is 49.5. The van der Waals surface area contributed by atoms with Crippen molar-refractivity contribution in [2.75, 3.05) is 24.6 Å². The van der Waals surface area contributed by atoms with Gasteiger partial charge in [0.25, 0.3) is 0 Å². The molecule has 4 bridgehead atoms. The van der Waals surface area contributed by atoms with Gasteiger partial charge in [0.2, 0.25) is 23.6 Å². The van der Waals surface area contributed by atoms with Gasteiger partial charge in [-0.1, -0.05) is 139 Å². The SMILES string of the molecule is CC(=O)SCC(C)C(=O)NC1Cc2cn(c3ccc(C)cc23)CCCCCCCCCCCNC1=O.Cc1ccc2c(c1)c1cn2CCCCCCCCCCCNC(=O)C(NC(=O)C(C)CS)C1. The molecule has 4 amide bonds. The molecule has 2 aromatic heterocycles. The summed E-state index contributed by atoms with van der Waals surface area (Å²) in [5, 5.41) is 14.5. The average Bonchev–Trinajstić information content (AvgIpc) is 3.85. The molecule has 0 radical (unpaired) electrons. The zero-order valence-electron chi connectivity index (χ0n) is 42.6. The van der Waals surface area contributed by atoms with E-state index in [1.807, 2.05) is 6.92 Å². The van der Waals surface area contributed by atoms with E-state index in [2.05, 4.69) is 106 Å². The first kappa shape index (κ1) is 55.7. The molecular formula is C56H84N6O5S2. The second-order valence-corrected chi connectivity index (χ2v) is 21.6. The molecule has 0 saturated carbocycles. The number of benzene rings is 2. The third-order valence-corrected chi connectivity index (χ3v) is 15.4. The minimum absolute atomic E-state index is 0.00761. The molecule has 0 spiro atoms. The lowest BCUT2D eigenvalue weighted by Crippen LogP contribution is -2.49. The number of aromatic nitrogens is 2. The number of hydrogen-bond acceptors (Lipinski definition) is 7. The summed E-state index contributed by atoms with van der Waals surface area (Å²) in [7, 11) is 0. The van der Waals surface area contributed by atoms with Gasteiger partial charge in [-0.15, -0.1) is 0 Å². The van der Waals surface area contributed by atoms with Gasteiger partial charge in [0.05, 0.1) is 0 Å². The fourth-order valence-corrected chi connectivity index (χ4v) is 10.3. The van der Waals surface area contributed by atoms with Crippen molar-refractivity contribution in [3.63, 3.8) is 0 Å². The molecule has 4 atom stereocenters. The molecule has 6 rings (SSSR count). The van der Waals surface area contributed by atoms with E-state index in [-0.39, 0.29) is 40.6 Å². The zero-order valence-corrected chi connectivity index (χ0v) is 44.3. The maximum absolute atomic E-state index is 13.3. The third-order valence-electron chi connectivity index (χ3n) is 13.8. The Hall–Kier alpha value is -4.23. The number of carbonyl (C=O) groups is 5. The number of amides is 4. The number of hydrogen-bond donors (Lipinski definition) is 5. The summed E-state index contributed by atoms with van der Waals surface area (Å²) in [4.78, 5) is 63.3. The van der Waals surface area contributed by atoms with Crippen LogP contribution in [0.3, 0.4) is 0 Å². The minimum Gasteiger partial charge on any atom is -0.354 e. The van der Waals surface area contributed by atoms with Crippen LogP contribution in [0.2, 0.25) is 0 Å². The van der Waals surface area contributed by atoms with Gasteiger partial charge in [-0.2, -0.15) is 12.6 Å².